The number of halogens is 1. The van der Waals surface area contributed by atoms with Crippen molar-refractivity contribution in [1.82, 2.24) is 19.7 Å². The maximum atomic E-state index is 12.4. The quantitative estimate of drug-likeness (QED) is 0.507. The molecule has 2 heterocycles. The molecule has 1 aromatic carbocycles. The lowest BCUT2D eigenvalue weighted by atomic mass is 10.3. The topological polar surface area (TPSA) is 102 Å². The molecule has 29 heavy (non-hydrogen) atoms. The third-order valence-electron chi connectivity index (χ3n) is 3.87. The highest BCUT2D eigenvalue weighted by molar-refractivity contribution is 8.00. The van der Waals surface area contributed by atoms with Crippen molar-refractivity contribution in [3.8, 4) is 0 Å². The van der Waals surface area contributed by atoms with E-state index in [4.69, 9.17) is 11.6 Å². The fraction of sp³-hybridized carbons (Fsp3) is 0.278. The van der Waals surface area contributed by atoms with Gasteiger partial charge < -0.3 is 15.2 Å². The molecule has 0 aliphatic carbocycles. The molecule has 0 radical (unpaired) electrons. The van der Waals surface area contributed by atoms with Crippen LogP contribution in [0.15, 0.2) is 41.0 Å². The maximum absolute atomic E-state index is 12.4. The summed E-state index contributed by atoms with van der Waals surface area (Å²) >= 11 is 8.50. The summed E-state index contributed by atoms with van der Waals surface area (Å²) in [6, 6.07) is 6.88. The minimum Gasteiger partial charge on any atom is -0.326 e. The molecule has 0 unspecified atom stereocenters. The van der Waals surface area contributed by atoms with E-state index >= 15 is 0 Å². The zero-order valence-corrected chi connectivity index (χ0v) is 18.1. The van der Waals surface area contributed by atoms with Crippen molar-refractivity contribution in [2.45, 2.75) is 37.2 Å². The first-order valence-electron chi connectivity index (χ1n) is 8.80. The van der Waals surface area contributed by atoms with Crippen LogP contribution in [-0.4, -0.2) is 36.8 Å². The van der Waals surface area contributed by atoms with E-state index in [0.717, 1.165) is 0 Å². The number of hydrogen-bond donors (Lipinski definition) is 2. The van der Waals surface area contributed by atoms with E-state index in [0.29, 0.717) is 33.4 Å². The van der Waals surface area contributed by atoms with Gasteiger partial charge in [-0.3, -0.25) is 9.59 Å². The number of nitrogens with zero attached hydrogens (tertiary/aromatic N) is 4. The van der Waals surface area contributed by atoms with E-state index in [9.17, 15) is 9.59 Å². The smallest absolute Gasteiger partial charge is 0.239 e. The Kier molecular flexibility index (Phi) is 7.24. The van der Waals surface area contributed by atoms with Crippen LogP contribution < -0.4 is 10.6 Å². The summed E-state index contributed by atoms with van der Waals surface area (Å²) in [4.78, 5) is 28.7. The van der Waals surface area contributed by atoms with Gasteiger partial charge in [0.2, 0.25) is 11.8 Å². The van der Waals surface area contributed by atoms with Crippen LogP contribution in [0.3, 0.4) is 0 Å². The highest BCUT2D eigenvalue weighted by Crippen LogP contribution is 2.24. The molecule has 0 aliphatic rings. The Morgan fingerprint density at radius 2 is 2.00 bits per heavy atom. The van der Waals surface area contributed by atoms with Crippen LogP contribution >= 0.6 is 34.7 Å². The molecule has 152 valence electrons. The number of thiazole rings is 1. The molecule has 3 aromatic rings. The van der Waals surface area contributed by atoms with Crippen LogP contribution in [0.2, 0.25) is 5.02 Å². The van der Waals surface area contributed by atoms with Crippen molar-refractivity contribution < 1.29 is 9.59 Å². The molecule has 0 bridgehead atoms. The molecule has 0 spiro atoms. The van der Waals surface area contributed by atoms with E-state index in [-0.39, 0.29) is 18.2 Å². The third-order valence-corrected chi connectivity index (χ3v) is 5.89. The molecular weight excluding hydrogens is 432 g/mol. The average molecular weight is 451 g/mol. The Balaban J connectivity index is 1.62. The summed E-state index contributed by atoms with van der Waals surface area (Å²) in [5, 5.41) is 17.0. The van der Waals surface area contributed by atoms with Crippen molar-refractivity contribution in [1.29, 1.82) is 0 Å². The fourth-order valence-electron chi connectivity index (χ4n) is 2.44. The van der Waals surface area contributed by atoms with Gasteiger partial charge in [0.15, 0.2) is 10.3 Å². The van der Waals surface area contributed by atoms with E-state index < -0.39 is 5.25 Å². The molecule has 2 aromatic heterocycles. The number of nitrogens with one attached hydrogen (secondary N) is 2. The summed E-state index contributed by atoms with van der Waals surface area (Å²) in [6.07, 6.45) is 1.71. The first-order valence-corrected chi connectivity index (χ1v) is 10.9. The van der Waals surface area contributed by atoms with E-state index in [1.807, 2.05) is 11.5 Å². The van der Waals surface area contributed by atoms with Crippen LogP contribution in [0.1, 0.15) is 19.7 Å². The summed E-state index contributed by atoms with van der Waals surface area (Å²) < 4.78 is 1.83. The summed E-state index contributed by atoms with van der Waals surface area (Å²) in [5.41, 5.74) is 0.657. The summed E-state index contributed by atoms with van der Waals surface area (Å²) in [7, 11) is 0. The zero-order valence-electron chi connectivity index (χ0n) is 15.8. The standard InChI is InChI=1S/C18H19ClN6O2S2/c1-3-25-14(10-15(26)21-13-6-4-12(19)5-7-13)23-24-18(25)29-11(2)16(27)22-17-20-8-9-28-17/h4-9,11H,3,10H2,1-2H3,(H,21,26)(H,20,22,27)/t11-/m0/s1. The van der Waals surface area contributed by atoms with Crippen LogP contribution in [0.4, 0.5) is 10.8 Å². The van der Waals surface area contributed by atoms with Gasteiger partial charge in [0, 0.05) is 28.8 Å². The molecule has 0 saturated heterocycles. The molecule has 0 saturated carbocycles. The third kappa shape index (κ3) is 5.78. The normalized spacial score (nSPS) is 11.8. The van der Waals surface area contributed by atoms with Gasteiger partial charge in [-0.25, -0.2) is 4.98 Å². The van der Waals surface area contributed by atoms with Gasteiger partial charge >= 0.3 is 0 Å². The van der Waals surface area contributed by atoms with E-state index in [1.54, 1.807) is 42.8 Å². The molecule has 2 amide bonds. The van der Waals surface area contributed by atoms with Crippen molar-refractivity contribution in [2.75, 3.05) is 10.6 Å². The predicted molar refractivity (Wildman–Crippen MR) is 116 cm³/mol. The van der Waals surface area contributed by atoms with Crippen LogP contribution in [0, 0.1) is 0 Å². The number of aromatic nitrogens is 4. The van der Waals surface area contributed by atoms with E-state index in [2.05, 4.69) is 25.8 Å². The minimum absolute atomic E-state index is 0.0731. The fourth-order valence-corrected chi connectivity index (χ4v) is 4.03. The van der Waals surface area contributed by atoms with Gasteiger partial charge in [-0.1, -0.05) is 23.4 Å². The number of amides is 2. The molecule has 8 nitrogen and oxygen atoms in total. The second-order valence-electron chi connectivity index (χ2n) is 5.96. The number of anilines is 2. The Hall–Kier alpha value is -2.43. The molecule has 3 rings (SSSR count). The highest BCUT2D eigenvalue weighted by atomic mass is 35.5. The van der Waals surface area contributed by atoms with Crippen LogP contribution in [0.5, 0.6) is 0 Å². The second-order valence-corrected chi connectivity index (χ2v) is 8.60. The number of carbonyl (C=O) groups is 2. The average Bonchev–Trinajstić information content (AvgIpc) is 3.33. The minimum atomic E-state index is -0.399. The second kappa shape index (κ2) is 9.86. The molecule has 1 atom stereocenters. The lowest BCUT2D eigenvalue weighted by Crippen LogP contribution is -2.23. The van der Waals surface area contributed by atoms with Gasteiger partial charge in [0.25, 0.3) is 0 Å². The SMILES string of the molecule is CCn1c(CC(=O)Nc2ccc(Cl)cc2)nnc1S[C@@H](C)C(=O)Nc1nccs1. The van der Waals surface area contributed by atoms with E-state index in [1.165, 1.54) is 23.1 Å². The van der Waals surface area contributed by atoms with Gasteiger partial charge in [-0.2, -0.15) is 0 Å². The molecule has 0 fully saturated rings. The Labute approximate surface area is 181 Å². The zero-order chi connectivity index (χ0) is 20.8. The first-order chi connectivity index (χ1) is 14.0. The predicted octanol–water partition coefficient (Wildman–Crippen LogP) is 3.71. The van der Waals surface area contributed by atoms with Crippen molar-refractivity contribution in [3.63, 3.8) is 0 Å². The van der Waals surface area contributed by atoms with Crippen molar-refractivity contribution in [3.05, 3.63) is 46.7 Å². The number of rotatable bonds is 8. The Bertz CT molecular complexity index is 975. The Morgan fingerprint density at radius 1 is 1.24 bits per heavy atom. The lowest BCUT2D eigenvalue weighted by Gasteiger charge is -2.11. The lowest BCUT2D eigenvalue weighted by molar-refractivity contribution is -0.116. The van der Waals surface area contributed by atoms with Gasteiger partial charge in [-0.05, 0) is 38.1 Å². The van der Waals surface area contributed by atoms with Gasteiger partial charge in [0.1, 0.15) is 5.82 Å². The monoisotopic (exact) mass is 450 g/mol. The number of benzene rings is 1. The number of hydrogen-bond acceptors (Lipinski definition) is 7. The van der Waals surface area contributed by atoms with Crippen molar-refractivity contribution >= 4 is 57.3 Å². The van der Waals surface area contributed by atoms with Gasteiger partial charge in [-0.15, -0.1) is 21.5 Å². The Morgan fingerprint density at radius 3 is 2.66 bits per heavy atom. The molecular formula is C18H19ClN6O2S2. The molecule has 2 N–H and O–H groups in total. The van der Waals surface area contributed by atoms with Crippen LogP contribution in [-0.2, 0) is 22.6 Å². The van der Waals surface area contributed by atoms with Gasteiger partial charge in [0.05, 0.1) is 11.7 Å². The largest absolute Gasteiger partial charge is 0.326 e. The van der Waals surface area contributed by atoms with Crippen molar-refractivity contribution in [2.24, 2.45) is 0 Å². The number of carbonyl (C=O) groups excluding carboxylic acids is 2. The molecule has 0 aliphatic heterocycles. The summed E-state index contributed by atoms with van der Waals surface area (Å²) in [5.74, 6) is 0.159. The summed E-state index contributed by atoms with van der Waals surface area (Å²) in [6.45, 7) is 4.31. The first kappa shape index (κ1) is 21.3. The maximum Gasteiger partial charge on any atom is 0.239 e. The number of thioether (sulfide) groups is 1. The van der Waals surface area contributed by atoms with Crippen LogP contribution in [0.25, 0.3) is 0 Å². The molecule has 11 heteroatoms. The highest BCUT2D eigenvalue weighted by Gasteiger charge is 2.21.